The molecule has 0 aliphatic carbocycles. The number of aliphatic imine (C=N–C) groups is 1. The Morgan fingerprint density at radius 3 is 2.46 bits per heavy atom. The van der Waals surface area contributed by atoms with Crippen LogP contribution in [0.5, 0.6) is 5.75 Å². The van der Waals surface area contributed by atoms with E-state index in [1.807, 2.05) is 58.9 Å². The summed E-state index contributed by atoms with van der Waals surface area (Å²) < 4.78 is 11.1. The first-order chi connectivity index (χ1) is 13.1. The zero-order chi connectivity index (χ0) is 21.2. The van der Waals surface area contributed by atoms with E-state index in [1.165, 1.54) is 11.8 Å². The SMILES string of the molecule is CCS/C(N)=N/C(=S)Nc1ccc(OCCN(CC)C(=O)OC(C)(C)C)cc1. The Bertz CT molecular complexity index is 673. The van der Waals surface area contributed by atoms with Gasteiger partial charge in [-0.3, -0.25) is 0 Å². The molecule has 0 unspecified atom stereocenters. The van der Waals surface area contributed by atoms with Crippen molar-refractivity contribution in [1.82, 2.24) is 4.90 Å². The fourth-order valence-corrected chi connectivity index (χ4v) is 2.77. The molecular weight excluding hydrogens is 396 g/mol. The number of ether oxygens (including phenoxy) is 2. The largest absolute Gasteiger partial charge is 0.492 e. The average molecular weight is 427 g/mol. The highest BCUT2D eigenvalue weighted by Crippen LogP contribution is 2.16. The van der Waals surface area contributed by atoms with Crippen LogP contribution in [0, 0.1) is 0 Å². The van der Waals surface area contributed by atoms with E-state index in [9.17, 15) is 4.79 Å². The highest BCUT2D eigenvalue weighted by atomic mass is 32.2. The third kappa shape index (κ3) is 9.80. The van der Waals surface area contributed by atoms with Gasteiger partial charge in [0.25, 0.3) is 0 Å². The number of nitrogens with two attached hydrogens (primary N) is 1. The number of likely N-dealkylation sites (N-methyl/N-ethyl adjacent to an activating group) is 1. The maximum atomic E-state index is 12.1. The molecule has 0 aromatic heterocycles. The minimum Gasteiger partial charge on any atom is -0.492 e. The first-order valence-corrected chi connectivity index (χ1v) is 10.5. The van der Waals surface area contributed by atoms with Crippen molar-refractivity contribution in [2.24, 2.45) is 10.7 Å². The molecule has 0 aliphatic heterocycles. The summed E-state index contributed by atoms with van der Waals surface area (Å²) in [6.07, 6.45) is -0.340. The topological polar surface area (TPSA) is 89.2 Å². The second kappa shape index (κ2) is 11.8. The molecular formula is C19H30N4O3S2. The predicted octanol–water partition coefficient (Wildman–Crippen LogP) is 4.09. The minimum atomic E-state index is -0.515. The normalized spacial score (nSPS) is 11.7. The predicted molar refractivity (Wildman–Crippen MR) is 121 cm³/mol. The molecule has 156 valence electrons. The van der Waals surface area contributed by atoms with Crippen LogP contribution >= 0.6 is 24.0 Å². The molecule has 0 saturated heterocycles. The number of thioether (sulfide) groups is 1. The molecule has 0 aliphatic rings. The lowest BCUT2D eigenvalue weighted by molar-refractivity contribution is 0.0237. The molecule has 0 fully saturated rings. The van der Waals surface area contributed by atoms with Crippen LogP contribution in [0.15, 0.2) is 29.3 Å². The second-order valence-electron chi connectivity index (χ2n) is 6.75. The second-order valence-corrected chi connectivity index (χ2v) is 8.42. The fourth-order valence-electron chi connectivity index (χ4n) is 2.04. The van der Waals surface area contributed by atoms with E-state index >= 15 is 0 Å². The van der Waals surface area contributed by atoms with E-state index in [0.29, 0.717) is 35.7 Å². The number of rotatable bonds is 7. The van der Waals surface area contributed by atoms with Crippen molar-refractivity contribution in [2.45, 2.75) is 40.2 Å². The number of carbonyl (C=O) groups excluding carboxylic acids is 1. The van der Waals surface area contributed by atoms with E-state index < -0.39 is 5.60 Å². The first kappa shape index (κ1) is 24.0. The van der Waals surface area contributed by atoms with E-state index in [-0.39, 0.29) is 6.09 Å². The number of anilines is 1. The summed E-state index contributed by atoms with van der Waals surface area (Å²) in [5.41, 5.74) is 6.01. The molecule has 0 spiro atoms. The summed E-state index contributed by atoms with van der Waals surface area (Å²) in [6.45, 7) is 10.8. The lowest BCUT2D eigenvalue weighted by Crippen LogP contribution is -2.38. The van der Waals surface area contributed by atoms with Crippen LogP contribution in [0.4, 0.5) is 10.5 Å². The highest BCUT2D eigenvalue weighted by Gasteiger charge is 2.20. The molecule has 1 aromatic rings. The van der Waals surface area contributed by atoms with Gasteiger partial charge in [0.2, 0.25) is 0 Å². The van der Waals surface area contributed by atoms with Gasteiger partial charge in [-0.1, -0.05) is 18.7 Å². The summed E-state index contributed by atoms with van der Waals surface area (Å²) in [5, 5.41) is 3.75. The van der Waals surface area contributed by atoms with Gasteiger partial charge >= 0.3 is 6.09 Å². The molecule has 0 saturated carbocycles. The lowest BCUT2D eigenvalue weighted by atomic mass is 10.2. The lowest BCUT2D eigenvalue weighted by Gasteiger charge is -2.26. The summed E-state index contributed by atoms with van der Waals surface area (Å²) in [7, 11) is 0. The molecule has 0 heterocycles. The van der Waals surface area contributed by atoms with Crippen molar-refractivity contribution in [1.29, 1.82) is 0 Å². The highest BCUT2D eigenvalue weighted by molar-refractivity contribution is 8.13. The molecule has 0 bridgehead atoms. The van der Waals surface area contributed by atoms with Crippen LogP contribution in [0.3, 0.4) is 0 Å². The molecule has 0 radical (unpaired) electrons. The van der Waals surface area contributed by atoms with Gasteiger partial charge in [-0.2, -0.15) is 4.99 Å². The monoisotopic (exact) mass is 426 g/mol. The Morgan fingerprint density at radius 1 is 1.29 bits per heavy atom. The molecule has 7 nitrogen and oxygen atoms in total. The van der Waals surface area contributed by atoms with Crippen molar-refractivity contribution in [3.63, 3.8) is 0 Å². The van der Waals surface area contributed by atoms with Gasteiger partial charge in [0.05, 0.1) is 6.54 Å². The number of carbonyl (C=O) groups is 1. The van der Waals surface area contributed by atoms with Crippen LogP contribution < -0.4 is 15.8 Å². The first-order valence-electron chi connectivity index (χ1n) is 9.13. The third-order valence-corrected chi connectivity index (χ3v) is 4.14. The van der Waals surface area contributed by atoms with E-state index in [4.69, 9.17) is 27.4 Å². The van der Waals surface area contributed by atoms with Gasteiger partial charge in [-0.05, 0) is 69.9 Å². The van der Waals surface area contributed by atoms with E-state index in [2.05, 4.69) is 10.3 Å². The number of hydrogen-bond donors (Lipinski definition) is 2. The van der Waals surface area contributed by atoms with Gasteiger partial charge < -0.3 is 25.4 Å². The van der Waals surface area contributed by atoms with Gasteiger partial charge in [0.15, 0.2) is 10.3 Å². The molecule has 0 atom stereocenters. The number of thiocarbonyl (C=S) groups is 1. The third-order valence-electron chi connectivity index (χ3n) is 3.27. The molecule has 1 aromatic carbocycles. The number of amidine groups is 1. The Balaban J connectivity index is 2.49. The maximum Gasteiger partial charge on any atom is 0.410 e. The molecule has 3 N–H and O–H groups in total. The maximum absolute atomic E-state index is 12.1. The van der Waals surface area contributed by atoms with E-state index in [1.54, 1.807) is 4.90 Å². The fraction of sp³-hybridized carbons (Fsp3) is 0.526. The number of hydrogen-bond acceptors (Lipinski definition) is 5. The van der Waals surface area contributed by atoms with Crippen molar-refractivity contribution in [2.75, 3.05) is 30.8 Å². The van der Waals surface area contributed by atoms with Crippen LogP contribution in [0.25, 0.3) is 0 Å². The summed E-state index contributed by atoms with van der Waals surface area (Å²) in [6, 6.07) is 7.32. The van der Waals surface area contributed by atoms with Crippen molar-refractivity contribution >= 4 is 46.0 Å². The van der Waals surface area contributed by atoms with E-state index in [0.717, 1.165) is 11.4 Å². The molecule has 1 rings (SSSR count). The Kier molecular flexibility index (Phi) is 10.1. The van der Waals surface area contributed by atoms with Gasteiger partial charge in [0, 0.05) is 12.2 Å². The summed E-state index contributed by atoms with van der Waals surface area (Å²) >= 11 is 6.59. The van der Waals surface area contributed by atoms with Gasteiger partial charge in [-0.25, -0.2) is 4.79 Å². The number of amides is 1. The number of nitrogens with zero attached hydrogens (tertiary/aromatic N) is 2. The van der Waals surface area contributed by atoms with Crippen LogP contribution in [0.1, 0.15) is 34.6 Å². The molecule has 9 heteroatoms. The Labute approximate surface area is 177 Å². The molecule has 1 amide bonds. The zero-order valence-corrected chi connectivity index (χ0v) is 18.8. The van der Waals surface area contributed by atoms with Gasteiger partial charge in [-0.15, -0.1) is 0 Å². The summed E-state index contributed by atoms with van der Waals surface area (Å²) in [4.78, 5) is 17.8. The Hall–Kier alpha value is -2.00. The number of benzene rings is 1. The average Bonchev–Trinajstić information content (AvgIpc) is 2.58. The van der Waals surface area contributed by atoms with Crippen molar-refractivity contribution in [3.05, 3.63) is 24.3 Å². The van der Waals surface area contributed by atoms with Gasteiger partial charge in [0.1, 0.15) is 18.0 Å². The van der Waals surface area contributed by atoms with Crippen molar-refractivity contribution < 1.29 is 14.3 Å². The standard InChI is InChI=1S/C19H30N4O3S2/c1-6-23(18(24)26-19(3,4)5)12-13-25-15-10-8-14(9-11-15)21-17(27)22-16(20)28-7-2/h8-11H,6-7,12-13H2,1-5H3,(H3,20,21,22,27). The van der Waals surface area contributed by atoms with Crippen LogP contribution in [-0.4, -0.2) is 52.3 Å². The van der Waals surface area contributed by atoms with Crippen molar-refractivity contribution in [3.8, 4) is 5.75 Å². The van der Waals surface area contributed by atoms with Crippen LogP contribution in [0.2, 0.25) is 0 Å². The quantitative estimate of drug-likeness (QED) is 0.386. The minimum absolute atomic E-state index is 0.308. The molecule has 28 heavy (non-hydrogen) atoms. The smallest absolute Gasteiger partial charge is 0.410 e. The Morgan fingerprint density at radius 2 is 1.93 bits per heavy atom. The number of nitrogens with one attached hydrogen (secondary N) is 1. The zero-order valence-electron chi connectivity index (χ0n) is 17.2. The summed E-state index contributed by atoms with van der Waals surface area (Å²) in [5.74, 6) is 1.54. The van der Waals surface area contributed by atoms with Crippen LogP contribution in [-0.2, 0) is 4.74 Å².